The van der Waals surface area contributed by atoms with Crippen molar-refractivity contribution in [1.82, 2.24) is 14.7 Å². The van der Waals surface area contributed by atoms with Crippen molar-refractivity contribution >= 4 is 54.8 Å². The van der Waals surface area contributed by atoms with Crippen LogP contribution in [0.25, 0.3) is 26.1 Å². The summed E-state index contributed by atoms with van der Waals surface area (Å²) in [5, 5.41) is 3.29. The number of amides is 1. The highest BCUT2D eigenvalue weighted by molar-refractivity contribution is 7.24. The van der Waals surface area contributed by atoms with Crippen molar-refractivity contribution < 1.29 is 4.79 Å². The van der Waals surface area contributed by atoms with Crippen LogP contribution in [0.15, 0.2) is 41.2 Å². The number of carbonyl (C=O) groups is 1. The number of anilines is 2. The predicted molar refractivity (Wildman–Crippen MR) is 104 cm³/mol. The lowest BCUT2D eigenvalue weighted by Crippen LogP contribution is -2.48. The van der Waals surface area contributed by atoms with Gasteiger partial charge in [-0.25, -0.2) is 4.98 Å². The van der Waals surface area contributed by atoms with E-state index in [1.54, 1.807) is 12.1 Å². The smallest absolute Gasteiger partial charge is 0.239 e. The average molecular weight is 365 g/mol. The molecule has 0 spiro atoms. The highest BCUT2D eigenvalue weighted by Crippen LogP contribution is 2.32. The summed E-state index contributed by atoms with van der Waals surface area (Å²) in [5.41, 5.74) is 7.70. The highest BCUT2D eigenvalue weighted by Gasteiger charge is 2.20. The quantitative estimate of drug-likeness (QED) is 0.534. The fourth-order valence-corrected chi connectivity index (χ4v) is 4.51. The third-order valence-electron chi connectivity index (χ3n) is 4.67. The summed E-state index contributed by atoms with van der Waals surface area (Å²) >= 11 is 1.48. The molecule has 3 aromatic heterocycles. The Morgan fingerprint density at radius 2 is 2.00 bits per heavy atom. The number of pyridine rings is 2. The van der Waals surface area contributed by atoms with Crippen LogP contribution in [0, 0.1) is 0 Å². The molecule has 3 N–H and O–H groups in total. The van der Waals surface area contributed by atoms with Gasteiger partial charge in [0.25, 0.3) is 0 Å². The Hall–Kier alpha value is -3.13. The molecule has 4 heterocycles. The van der Waals surface area contributed by atoms with E-state index in [1.165, 1.54) is 11.3 Å². The maximum absolute atomic E-state index is 12.7. The summed E-state index contributed by atoms with van der Waals surface area (Å²) in [6, 6.07) is 11.4. The van der Waals surface area contributed by atoms with Crippen LogP contribution < -0.4 is 21.4 Å². The molecule has 1 saturated heterocycles. The van der Waals surface area contributed by atoms with Crippen LogP contribution in [0.1, 0.15) is 0 Å². The maximum atomic E-state index is 12.7. The average Bonchev–Trinajstić information content (AvgIpc) is 3.05. The van der Waals surface area contributed by atoms with E-state index in [0.29, 0.717) is 34.8 Å². The van der Waals surface area contributed by atoms with Crippen LogP contribution in [0.4, 0.5) is 11.5 Å². The zero-order chi connectivity index (χ0) is 17.8. The Morgan fingerprint density at radius 3 is 2.85 bits per heavy atom. The molecule has 0 aliphatic carbocycles. The molecule has 0 atom stereocenters. The molecule has 1 fully saturated rings. The highest BCUT2D eigenvalue weighted by atomic mass is 32.1. The van der Waals surface area contributed by atoms with E-state index in [1.807, 2.05) is 33.6 Å². The minimum atomic E-state index is -0.206. The van der Waals surface area contributed by atoms with Gasteiger partial charge in [-0.05, 0) is 24.3 Å². The molecular formula is C18H15N5O2S. The first-order valence-corrected chi connectivity index (χ1v) is 9.09. The maximum Gasteiger partial charge on any atom is 0.239 e. The second kappa shape index (κ2) is 5.43. The predicted octanol–water partition coefficient (Wildman–Crippen LogP) is 1.58. The third-order valence-corrected chi connectivity index (χ3v) is 5.83. The Balaban J connectivity index is 1.86. The molecule has 8 heteroatoms. The molecule has 1 aromatic carbocycles. The monoisotopic (exact) mass is 365 g/mol. The molecule has 130 valence electrons. The number of fused-ring (bicyclic) bond motifs is 5. The zero-order valence-corrected chi connectivity index (χ0v) is 14.5. The van der Waals surface area contributed by atoms with Crippen LogP contribution in [0.3, 0.4) is 0 Å². The first-order chi connectivity index (χ1) is 12.6. The molecule has 0 radical (unpaired) electrons. The Morgan fingerprint density at radius 1 is 1.15 bits per heavy atom. The summed E-state index contributed by atoms with van der Waals surface area (Å²) in [7, 11) is 0. The second-order valence-corrected chi connectivity index (χ2v) is 7.30. The Labute approximate surface area is 151 Å². The largest absolute Gasteiger partial charge is 0.393 e. The number of hydrogen-bond acceptors (Lipinski definition) is 6. The molecule has 0 saturated carbocycles. The van der Waals surface area contributed by atoms with Gasteiger partial charge in [0.15, 0.2) is 5.65 Å². The number of nitrogens with two attached hydrogens (primary N) is 1. The number of nitrogen functional groups attached to an aromatic ring is 1. The topological polar surface area (TPSA) is 92.7 Å². The van der Waals surface area contributed by atoms with Gasteiger partial charge in [0.1, 0.15) is 16.3 Å². The van der Waals surface area contributed by atoms with Crippen molar-refractivity contribution in [2.45, 2.75) is 0 Å². The van der Waals surface area contributed by atoms with Crippen LogP contribution in [-0.2, 0) is 4.79 Å². The van der Waals surface area contributed by atoms with E-state index in [2.05, 4.69) is 5.32 Å². The van der Waals surface area contributed by atoms with Crippen molar-refractivity contribution in [2.24, 2.45) is 0 Å². The number of rotatable bonds is 1. The molecule has 0 unspecified atom stereocenters. The Kier molecular flexibility index (Phi) is 3.17. The summed E-state index contributed by atoms with van der Waals surface area (Å²) < 4.78 is 2.98. The van der Waals surface area contributed by atoms with Gasteiger partial charge in [0.05, 0.1) is 22.1 Å². The van der Waals surface area contributed by atoms with Crippen molar-refractivity contribution in [3.63, 3.8) is 0 Å². The van der Waals surface area contributed by atoms with Gasteiger partial charge in [-0.2, -0.15) is 0 Å². The summed E-state index contributed by atoms with van der Waals surface area (Å²) in [4.78, 5) is 31.8. The molecule has 0 bridgehead atoms. The molecular weight excluding hydrogens is 350 g/mol. The van der Waals surface area contributed by atoms with Gasteiger partial charge in [0.2, 0.25) is 11.3 Å². The standard InChI is InChI=1S/C18H15N5O2S/c19-15-16(25)10-5-6-13(22-8-7-20-14(24)9-22)21-17(10)23-11-3-1-2-4-12(11)26-18(15)23/h1-6H,7-9,19H2,(H,20,24). The van der Waals surface area contributed by atoms with E-state index in [-0.39, 0.29) is 23.6 Å². The van der Waals surface area contributed by atoms with Crippen molar-refractivity contribution in [3.05, 3.63) is 46.6 Å². The van der Waals surface area contributed by atoms with E-state index >= 15 is 0 Å². The van der Waals surface area contributed by atoms with Crippen LogP contribution in [0.5, 0.6) is 0 Å². The molecule has 5 rings (SSSR count). The number of para-hydroxylation sites is 1. The lowest BCUT2D eigenvalue weighted by molar-refractivity contribution is -0.120. The van der Waals surface area contributed by atoms with E-state index < -0.39 is 0 Å². The number of thiazole rings is 1. The number of nitrogens with one attached hydrogen (secondary N) is 1. The number of carbonyl (C=O) groups excluding carboxylic acids is 1. The van der Waals surface area contributed by atoms with Crippen LogP contribution in [-0.4, -0.2) is 34.9 Å². The van der Waals surface area contributed by atoms with E-state index in [0.717, 1.165) is 10.2 Å². The summed E-state index contributed by atoms with van der Waals surface area (Å²) in [5.74, 6) is 0.652. The minimum absolute atomic E-state index is 0.0289. The minimum Gasteiger partial charge on any atom is -0.393 e. The van der Waals surface area contributed by atoms with Crippen LogP contribution >= 0.6 is 11.3 Å². The number of benzene rings is 1. The third kappa shape index (κ3) is 2.08. The fourth-order valence-electron chi connectivity index (χ4n) is 3.41. The molecule has 26 heavy (non-hydrogen) atoms. The molecule has 7 nitrogen and oxygen atoms in total. The SMILES string of the molecule is Nc1c(=O)c2ccc(N3CCNC(=O)C3)nc2n2c1sc1ccccc12. The number of aromatic nitrogens is 2. The van der Waals surface area contributed by atoms with Gasteiger partial charge in [-0.15, -0.1) is 11.3 Å². The zero-order valence-electron chi connectivity index (χ0n) is 13.7. The number of hydrogen-bond donors (Lipinski definition) is 2. The first-order valence-electron chi connectivity index (χ1n) is 8.27. The van der Waals surface area contributed by atoms with E-state index in [4.69, 9.17) is 10.7 Å². The number of nitrogens with zero attached hydrogens (tertiary/aromatic N) is 3. The van der Waals surface area contributed by atoms with Crippen LogP contribution in [0.2, 0.25) is 0 Å². The first kappa shape index (κ1) is 15.2. The van der Waals surface area contributed by atoms with Crippen molar-refractivity contribution in [3.8, 4) is 0 Å². The second-order valence-electron chi connectivity index (χ2n) is 6.27. The molecule has 4 aromatic rings. The molecule has 1 aliphatic rings. The Bertz CT molecular complexity index is 1260. The van der Waals surface area contributed by atoms with Gasteiger partial charge >= 0.3 is 0 Å². The fraction of sp³-hybridized carbons (Fsp3) is 0.167. The number of piperazine rings is 1. The van der Waals surface area contributed by atoms with Gasteiger partial charge in [0, 0.05) is 13.1 Å². The van der Waals surface area contributed by atoms with Crippen molar-refractivity contribution in [1.29, 1.82) is 0 Å². The van der Waals surface area contributed by atoms with Gasteiger partial charge < -0.3 is 16.0 Å². The lowest BCUT2D eigenvalue weighted by atomic mass is 10.2. The summed E-state index contributed by atoms with van der Waals surface area (Å²) in [6.07, 6.45) is 0. The van der Waals surface area contributed by atoms with Gasteiger partial charge in [-0.3, -0.25) is 14.0 Å². The lowest BCUT2D eigenvalue weighted by Gasteiger charge is -2.27. The summed E-state index contributed by atoms with van der Waals surface area (Å²) in [6.45, 7) is 1.52. The normalized spacial score (nSPS) is 15.1. The molecule has 1 amide bonds. The van der Waals surface area contributed by atoms with Gasteiger partial charge in [-0.1, -0.05) is 12.1 Å². The van der Waals surface area contributed by atoms with E-state index in [9.17, 15) is 9.59 Å². The van der Waals surface area contributed by atoms with Crippen molar-refractivity contribution in [2.75, 3.05) is 30.3 Å². The molecule has 1 aliphatic heterocycles.